The maximum Gasteiger partial charge on any atom is 0.246 e. The molecule has 3 aliphatic heterocycles. The fraction of sp³-hybridized carbons (Fsp3) is 0.656. The van der Waals surface area contributed by atoms with E-state index in [-0.39, 0.29) is 29.8 Å². The summed E-state index contributed by atoms with van der Waals surface area (Å²) in [4.78, 5) is 44.3. The largest absolute Gasteiger partial charge is 0.359 e. The summed E-state index contributed by atoms with van der Waals surface area (Å²) in [7, 11) is 0. The van der Waals surface area contributed by atoms with E-state index < -0.39 is 29.6 Å². The first-order valence-electron chi connectivity index (χ1n) is 15.4. The van der Waals surface area contributed by atoms with Gasteiger partial charge < -0.3 is 20.3 Å². The summed E-state index contributed by atoms with van der Waals surface area (Å²) in [5, 5.41) is 6.94. The summed E-state index contributed by atoms with van der Waals surface area (Å²) in [5.74, 6) is -1.02. The van der Waals surface area contributed by atoms with Crippen molar-refractivity contribution in [1.29, 1.82) is 0 Å². The molecule has 6 rings (SSSR count). The van der Waals surface area contributed by atoms with Gasteiger partial charge in [0.15, 0.2) is 0 Å². The lowest BCUT2D eigenvalue weighted by atomic mass is 9.73. The van der Waals surface area contributed by atoms with Gasteiger partial charge in [-0.15, -0.1) is 0 Å². The number of likely N-dealkylation sites (tertiary alicyclic amines) is 1. The normalized spacial score (nSPS) is 37.6. The van der Waals surface area contributed by atoms with Crippen LogP contribution in [0.5, 0.6) is 0 Å². The van der Waals surface area contributed by atoms with E-state index in [0.717, 1.165) is 51.4 Å². The molecule has 2 saturated heterocycles. The molecule has 8 atom stereocenters. The quantitative estimate of drug-likeness (QED) is 0.461. The number of benzene rings is 1. The summed E-state index contributed by atoms with van der Waals surface area (Å²) < 4.78 is 6.58. The maximum absolute atomic E-state index is 14.4. The number of halogens is 1. The van der Waals surface area contributed by atoms with Gasteiger partial charge in [0.25, 0.3) is 0 Å². The van der Waals surface area contributed by atoms with Crippen LogP contribution in [-0.4, -0.2) is 52.5 Å². The minimum Gasteiger partial charge on any atom is -0.359 e. The molecule has 0 aromatic heterocycles. The van der Waals surface area contributed by atoms with E-state index in [4.69, 9.17) is 16.3 Å². The lowest BCUT2D eigenvalue weighted by Crippen LogP contribution is -2.59. The maximum atomic E-state index is 14.4. The van der Waals surface area contributed by atoms with Crippen molar-refractivity contribution in [3.8, 4) is 0 Å². The Balaban J connectivity index is 1.32. The number of nitrogens with one attached hydrogen (secondary N) is 2. The highest BCUT2D eigenvalue weighted by Gasteiger charge is 2.73. The van der Waals surface area contributed by atoms with Crippen LogP contribution >= 0.6 is 11.6 Å². The molecular weight excluding hydrogens is 526 g/mol. The summed E-state index contributed by atoms with van der Waals surface area (Å²) in [6.45, 7) is 4.48. The molecule has 0 unspecified atom stereocenters. The third kappa shape index (κ3) is 4.77. The first-order chi connectivity index (χ1) is 19.3. The number of carbonyl (C=O) groups is 3. The Labute approximate surface area is 242 Å². The zero-order valence-electron chi connectivity index (χ0n) is 23.6. The van der Waals surface area contributed by atoms with Gasteiger partial charge in [-0.3, -0.25) is 14.4 Å². The smallest absolute Gasteiger partial charge is 0.246 e. The van der Waals surface area contributed by atoms with Crippen molar-refractivity contribution in [3.05, 3.63) is 41.4 Å². The van der Waals surface area contributed by atoms with Crippen molar-refractivity contribution in [1.82, 2.24) is 10.2 Å². The average Bonchev–Trinajstić information content (AvgIpc) is 3.55. The monoisotopic (exact) mass is 567 g/mol. The van der Waals surface area contributed by atoms with Gasteiger partial charge in [-0.05, 0) is 55.4 Å². The Morgan fingerprint density at radius 3 is 2.38 bits per heavy atom. The number of anilines is 1. The third-order valence-electron chi connectivity index (χ3n) is 10.5. The molecule has 2 N–H and O–H groups in total. The van der Waals surface area contributed by atoms with Gasteiger partial charge in [-0.2, -0.15) is 0 Å². The molecule has 3 amide bonds. The van der Waals surface area contributed by atoms with E-state index in [9.17, 15) is 14.4 Å². The van der Waals surface area contributed by atoms with Gasteiger partial charge in [-0.25, -0.2) is 0 Å². The predicted octanol–water partition coefficient (Wildman–Crippen LogP) is 5.48. The molecule has 7 nitrogen and oxygen atoms in total. The molecule has 8 heteroatoms. The van der Waals surface area contributed by atoms with Crippen LogP contribution < -0.4 is 10.6 Å². The second-order valence-electron chi connectivity index (χ2n) is 12.8. The van der Waals surface area contributed by atoms with E-state index in [1.165, 1.54) is 12.8 Å². The van der Waals surface area contributed by atoms with Crippen LogP contribution in [0, 0.1) is 23.7 Å². The molecule has 1 aromatic rings. The predicted molar refractivity (Wildman–Crippen MR) is 155 cm³/mol. The topological polar surface area (TPSA) is 87.7 Å². The third-order valence-corrected chi connectivity index (χ3v) is 10.7. The molecule has 4 fully saturated rings. The summed E-state index contributed by atoms with van der Waals surface area (Å²) >= 11 is 6.03. The molecule has 1 spiro atoms. The minimum atomic E-state index is -1.13. The van der Waals surface area contributed by atoms with Crippen LogP contribution in [0.15, 0.2) is 36.4 Å². The van der Waals surface area contributed by atoms with Gasteiger partial charge in [0.1, 0.15) is 11.6 Å². The first-order valence-corrected chi connectivity index (χ1v) is 15.7. The van der Waals surface area contributed by atoms with Crippen molar-refractivity contribution in [2.45, 2.75) is 108 Å². The van der Waals surface area contributed by atoms with Crippen LogP contribution in [0.1, 0.15) is 78.1 Å². The number of fused-ring (bicyclic) bond motifs is 1. The van der Waals surface area contributed by atoms with Gasteiger partial charge >= 0.3 is 0 Å². The van der Waals surface area contributed by atoms with Crippen LogP contribution in [0.3, 0.4) is 0 Å². The Bertz CT molecular complexity index is 1160. The van der Waals surface area contributed by atoms with E-state index in [1.807, 2.05) is 17.1 Å². The van der Waals surface area contributed by atoms with E-state index in [1.54, 1.807) is 24.3 Å². The van der Waals surface area contributed by atoms with Crippen LogP contribution in [-0.2, 0) is 19.1 Å². The number of amides is 3. The molecule has 3 heterocycles. The molecule has 1 aromatic carbocycles. The lowest BCUT2D eigenvalue weighted by molar-refractivity contribution is -0.144. The Kier molecular flexibility index (Phi) is 7.73. The van der Waals surface area contributed by atoms with Gasteiger partial charge in [0, 0.05) is 22.8 Å². The van der Waals surface area contributed by atoms with E-state index >= 15 is 0 Å². The number of hydrogen-bond acceptors (Lipinski definition) is 4. The molecule has 2 aliphatic carbocycles. The molecule has 2 saturated carbocycles. The number of rotatable bonds is 5. The fourth-order valence-corrected chi connectivity index (χ4v) is 8.24. The zero-order chi connectivity index (χ0) is 28.0. The molecule has 2 bridgehead atoms. The van der Waals surface area contributed by atoms with Crippen molar-refractivity contribution >= 4 is 35.0 Å². The number of hydrogen-bond donors (Lipinski definition) is 2. The Hall–Kier alpha value is -2.38. The zero-order valence-corrected chi connectivity index (χ0v) is 24.4. The van der Waals surface area contributed by atoms with Crippen molar-refractivity contribution in [2.75, 3.05) is 5.32 Å². The van der Waals surface area contributed by atoms with Crippen molar-refractivity contribution in [2.24, 2.45) is 23.7 Å². The minimum absolute atomic E-state index is 0.0257. The van der Waals surface area contributed by atoms with Crippen LogP contribution in [0.25, 0.3) is 0 Å². The SMILES string of the molecule is C[C@@H]1[C@H](C)CCC[C@@H]1NC(=O)[C@@H]1N(C2CCCCCCC2)C(=O)[C@@H]2[C@@H](C(=O)Nc3ccc(Cl)cc3)[C@@H]3C=C[C@]21O3. The summed E-state index contributed by atoms with van der Waals surface area (Å²) in [6, 6.07) is 6.23. The van der Waals surface area contributed by atoms with Gasteiger partial charge in [0.2, 0.25) is 17.7 Å². The van der Waals surface area contributed by atoms with Crippen molar-refractivity contribution in [3.63, 3.8) is 0 Å². The number of nitrogens with zero attached hydrogens (tertiary/aromatic N) is 1. The van der Waals surface area contributed by atoms with E-state index in [2.05, 4.69) is 24.5 Å². The highest BCUT2D eigenvalue weighted by atomic mass is 35.5. The number of carbonyl (C=O) groups excluding carboxylic acids is 3. The van der Waals surface area contributed by atoms with Gasteiger partial charge in [-0.1, -0.05) is 82.5 Å². The lowest BCUT2D eigenvalue weighted by Gasteiger charge is -2.40. The number of ether oxygens (including phenoxy) is 1. The van der Waals surface area contributed by atoms with E-state index in [0.29, 0.717) is 22.5 Å². The van der Waals surface area contributed by atoms with Crippen LogP contribution in [0.4, 0.5) is 5.69 Å². The molecule has 0 radical (unpaired) electrons. The molecule has 5 aliphatic rings. The average molecular weight is 568 g/mol. The standard InChI is InChI=1S/C32H42ClN3O4/c1-19-9-8-12-24(20(19)2)35-30(38)28-32-18-17-25(40-32)26(29(37)34-22-15-13-21(33)14-16-22)27(32)31(39)36(28)23-10-6-4-3-5-7-11-23/h13-20,23-28H,3-12H2,1-2H3,(H,34,37)(H,35,38)/t19-,20-,24+,25+,26+,27+,28+,32+/m1/s1. The van der Waals surface area contributed by atoms with Crippen molar-refractivity contribution < 1.29 is 19.1 Å². The Morgan fingerprint density at radius 1 is 0.950 bits per heavy atom. The fourth-order valence-electron chi connectivity index (χ4n) is 8.12. The molecular formula is C32H42ClN3O4. The second-order valence-corrected chi connectivity index (χ2v) is 13.3. The summed E-state index contributed by atoms with van der Waals surface area (Å²) in [5.41, 5.74) is -0.507. The summed E-state index contributed by atoms with van der Waals surface area (Å²) in [6.07, 6.45) is 13.8. The first kappa shape index (κ1) is 27.8. The molecule has 40 heavy (non-hydrogen) atoms. The van der Waals surface area contributed by atoms with Crippen LogP contribution in [0.2, 0.25) is 5.02 Å². The van der Waals surface area contributed by atoms with Gasteiger partial charge in [0.05, 0.1) is 17.9 Å². The highest BCUT2D eigenvalue weighted by Crippen LogP contribution is 2.56. The Morgan fingerprint density at radius 2 is 1.65 bits per heavy atom. The molecule has 216 valence electrons. The second kappa shape index (κ2) is 11.1. The highest BCUT2D eigenvalue weighted by molar-refractivity contribution is 6.30.